The molecular formula is C21H15Cl2N3O5S. The van der Waals surface area contributed by atoms with Crippen molar-refractivity contribution < 1.29 is 23.7 Å². The number of halogens is 2. The molecule has 0 saturated carbocycles. The van der Waals surface area contributed by atoms with Crippen LogP contribution in [0.2, 0.25) is 5.02 Å². The number of aryl methyl sites for hydroxylation is 1. The van der Waals surface area contributed by atoms with Crippen molar-refractivity contribution in [2.75, 3.05) is 20.3 Å². The van der Waals surface area contributed by atoms with Crippen molar-refractivity contribution in [2.24, 2.45) is 0 Å². The molecule has 1 aliphatic heterocycles. The summed E-state index contributed by atoms with van der Waals surface area (Å²) in [6.45, 7) is 2.15. The standard InChI is InChI=1S/C21H15Cl2N3O5S/c1-9-3-11(16-13(4-9)25-15(28-2)6-24-16)20-26-17-12(22)5-14-18(19(17)32-20)29-7-10(31-14)8-30-21(23)27/h3-6,10H,7-8H2,1-2H3. The molecule has 1 aliphatic rings. The van der Waals surface area contributed by atoms with Crippen molar-refractivity contribution in [1.29, 1.82) is 0 Å². The third kappa shape index (κ3) is 3.76. The zero-order chi connectivity index (χ0) is 22.4. The molecule has 3 heterocycles. The fourth-order valence-electron chi connectivity index (χ4n) is 3.48. The second kappa shape index (κ2) is 8.23. The van der Waals surface area contributed by atoms with E-state index in [1.54, 1.807) is 19.4 Å². The number of fused-ring (bicyclic) bond motifs is 4. The number of carbonyl (C=O) groups is 1. The Morgan fingerprint density at radius 3 is 2.91 bits per heavy atom. The first-order chi connectivity index (χ1) is 15.4. The molecule has 0 aliphatic carbocycles. The van der Waals surface area contributed by atoms with Crippen molar-refractivity contribution in [3.8, 4) is 28.0 Å². The minimum absolute atomic E-state index is 0.0250. The molecule has 2 aromatic heterocycles. The normalized spacial score (nSPS) is 15.2. The molecule has 0 radical (unpaired) electrons. The van der Waals surface area contributed by atoms with E-state index in [9.17, 15) is 4.79 Å². The van der Waals surface area contributed by atoms with Crippen molar-refractivity contribution in [1.82, 2.24) is 15.0 Å². The van der Waals surface area contributed by atoms with Gasteiger partial charge < -0.3 is 18.9 Å². The first-order valence-corrected chi connectivity index (χ1v) is 11.1. The monoisotopic (exact) mass is 491 g/mol. The Labute approximate surface area is 196 Å². The molecule has 164 valence electrons. The number of thiazole rings is 1. The summed E-state index contributed by atoms with van der Waals surface area (Å²) in [5, 5.41) is 1.15. The van der Waals surface area contributed by atoms with Gasteiger partial charge in [0.1, 0.15) is 28.4 Å². The van der Waals surface area contributed by atoms with Gasteiger partial charge in [0.2, 0.25) is 5.88 Å². The molecule has 5 rings (SSSR count). The van der Waals surface area contributed by atoms with E-state index in [1.165, 1.54) is 11.3 Å². The average Bonchev–Trinajstić information content (AvgIpc) is 3.22. The highest BCUT2D eigenvalue weighted by molar-refractivity contribution is 7.22. The predicted molar refractivity (Wildman–Crippen MR) is 122 cm³/mol. The second-order valence-electron chi connectivity index (χ2n) is 7.07. The first kappa shape index (κ1) is 21.0. The quantitative estimate of drug-likeness (QED) is 0.350. The summed E-state index contributed by atoms with van der Waals surface area (Å²) in [5.74, 6) is 1.44. The minimum Gasteiger partial charge on any atom is -0.484 e. The van der Waals surface area contributed by atoms with E-state index in [-0.39, 0.29) is 13.2 Å². The van der Waals surface area contributed by atoms with Crippen LogP contribution in [0.5, 0.6) is 17.4 Å². The molecule has 0 N–H and O–H groups in total. The van der Waals surface area contributed by atoms with Gasteiger partial charge >= 0.3 is 5.43 Å². The number of methoxy groups -OCH3 is 1. The first-order valence-electron chi connectivity index (χ1n) is 9.49. The lowest BCUT2D eigenvalue weighted by Gasteiger charge is -2.26. The van der Waals surface area contributed by atoms with Crippen LogP contribution in [0.3, 0.4) is 0 Å². The van der Waals surface area contributed by atoms with E-state index in [0.29, 0.717) is 39.0 Å². The van der Waals surface area contributed by atoms with Crippen LogP contribution in [0.1, 0.15) is 5.56 Å². The third-order valence-electron chi connectivity index (χ3n) is 4.84. The van der Waals surface area contributed by atoms with Crippen LogP contribution in [0.4, 0.5) is 4.79 Å². The number of carbonyl (C=O) groups excluding carboxylic acids is 1. The van der Waals surface area contributed by atoms with Gasteiger partial charge in [0.15, 0.2) is 17.6 Å². The van der Waals surface area contributed by atoms with Crippen molar-refractivity contribution in [3.63, 3.8) is 0 Å². The Morgan fingerprint density at radius 2 is 2.12 bits per heavy atom. The fourth-order valence-corrected chi connectivity index (χ4v) is 4.93. The summed E-state index contributed by atoms with van der Waals surface area (Å²) in [4.78, 5) is 24.7. The van der Waals surface area contributed by atoms with Gasteiger partial charge in [-0.25, -0.2) is 19.7 Å². The Balaban J connectivity index is 1.59. The van der Waals surface area contributed by atoms with Gasteiger partial charge in [0.25, 0.3) is 0 Å². The van der Waals surface area contributed by atoms with Crippen LogP contribution in [-0.4, -0.2) is 46.8 Å². The summed E-state index contributed by atoms with van der Waals surface area (Å²) >= 11 is 13.2. The second-order valence-corrected chi connectivity index (χ2v) is 8.79. The number of nitrogens with zero attached hydrogens (tertiary/aromatic N) is 3. The van der Waals surface area contributed by atoms with Gasteiger partial charge in [-0.2, -0.15) is 0 Å². The van der Waals surface area contributed by atoms with E-state index in [1.807, 2.05) is 19.1 Å². The number of hydrogen-bond acceptors (Lipinski definition) is 9. The summed E-state index contributed by atoms with van der Waals surface area (Å²) < 4.78 is 22.6. The van der Waals surface area contributed by atoms with Crippen LogP contribution < -0.4 is 14.2 Å². The maximum atomic E-state index is 10.9. The molecular weight excluding hydrogens is 477 g/mol. The van der Waals surface area contributed by atoms with E-state index in [0.717, 1.165) is 20.8 Å². The molecule has 0 bridgehead atoms. The van der Waals surface area contributed by atoms with Crippen molar-refractivity contribution in [2.45, 2.75) is 13.0 Å². The maximum absolute atomic E-state index is 10.9. The van der Waals surface area contributed by atoms with Gasteiger partial charge in [-0.3, -0.25) is 0 Å². The summed E-state index contributed by atoms with van der Waals surface area (Å²) in [6.07, 6.45) is 1.09. The highest BCUT2D eigenvalue weighted by Crippen LogP contribution is 2.47. The number of aromatic nitrogens is 3. The average molecular weight is 492 g/mol. The number of ether oxygens (including phenoxy) is 4. The molecule has 0 amide bonds. The maximum Gasteiger partial charge on any atom is 0.403 e. The molecule has 0 spiro atoms. The van der Waals surface area contributed by atoms with Crippen LogP contribution in [-0.2, 0) is 4.74 Å². The van der Waals surface area contributed by atoms with Gasteiger partial charge in [-0.15, -0.1) is 11.3 Å². The lowest BCUT2D eigenvalue weighted by molar-refractivity contribution is 0.0413. The van der Waals surface area contributed by atoms with Crippen LogP contribution in [0, 0.1) is 6.92 Å². The van der Waals surface area contributed by atoms with Crippen LogP contribution in [0.25, 0.3) is 31.8 Å². The minimum atomic E-state index is -0.897. The number of benzene rings is 2. The molecule has 0 fully saturated rings. The smallest absolute Gasteiger partial charge is 0.403 e. The fraction of sp³-hybridized carbons (Fsp3) is 0.238. The SMILES string of the molecule is COc1cnc2c(-c3nc4c(Cl)cc5c(c4s3)OCC(COC(=O)Cl)O5)cc(C)cc2n1. The zero-order valence-electron chi connectivity index (χ0n) is 16.8. The van der Waals surface area contributed by atoms with Gasteiger partial charge in [-0.1, -0.05) is 11.6 Å². The molecule has 1 atom stereocenters. The summed E-state index contributed by atoms with van der Waals surface area (Å²) in [6, 6.07) is 5.60. The molecule has 1 unspecified atom stereocenters. The van der Waals surface area contributed by atoms with E-state index >= 15 is 0 Å². The van der Waals surface area contributed by atoms with Crippen LogP contribution >= 0.6 is 34.5 Å². The highest BCUT2D eigenvalue weighted by atomic mass is 35.5. The van der Waals surface area contributed by atoms with E-state index in [4.69, 9.17) is 47.1 Å². The summed E-state index contributed by atoms with van der Waals surface area (Å²) in [5.41, 5.74) is 2.98. The largest absolute Gasteiger partial charge is 0.484 e. The lowest BCUT2D eigenvalue weighted by atomic mass is 10.1. The Hall–Kier alpha value is -2.88. The number of rotatable bonds is 4. The Bertz CT molecular complexity index is 1380. The Kier molecular flexibility index (Phi) is 5.40. The zero-order valence-corrected chi connectivity index (χ0v) is 19.2. The van der Waals surface area contributed by atoms with Gasteiger partial charge in [0.05, 0.1) is 29.4 Å². The molecule has 11 heteroatoms. The van der Waals surface area contributed by atoms with Crippen LogP contribution in [0.15, 0.2) is 24.4 Å². The molecule has 4 aromatic rings. The third-order valence-corrected chi connectivity index (χ3v) is 6.32. The predicted octanol–water partition coefficient (Wildman–Crippen LogP) is 5.39. The number of hydrogen-bond donors (Lipinski definition) is 0. The highest BCUT2D eigenvalue weighted by Gasteiger charge is 2.27. The molecule has 2 aromatic carbocycles. The molecule has 32 heavy (non-hydrogen) atoms. The van der Waals surface area contributed by atoms with Gasteiger partial charge in [-0.05, 0) is 24.6 Å². The molecule has 0 saturated heterocycles. The van der Waals surface area contributed by atoms with Gasteiger partial charge in [0, 0.05) is 23.2 Å². The lowest BCUT2D eigenvalue weighted by Crippen LogP contribution is -2.33. The Morgan fingerprint density at radius 1 is 1.28 bits per heavy atom. The topological polar surface area (TPSA) is 92.7 Å². The summed E-state index contributed by atoms with van der Waals surface area (Å²) in [7, 11) is 1.55. The van der Waals surface area contributed by atoms with E-state index < -0.39 is 11.5 Å². The van der Waals surface area contributed by atoms with Crippen molar-refractivity contribution in [3.05, 3.63) is 35.0 Å². The van der Waals surface area contributed by atoms with E-state index in [2.05, 4.69) is 9.97 Å². The van der Waals surface area contributed by atoms with Crippen molar-refractivity contribution >= 4 is 61.2 Å². The molecule has 8 nitrogen and oxygen atoms in total.